The Morgan fingerprint density at radius 2 is 1.95 bits per heavy atom. The van der Waals surface area contributed by atoms with Gasteiger partial charge in [-0.2, -0.15) is 0 Å². The summed E-state index contributed by atoms with van der Waals surface area (Å²) in [7, 11) is 0. The standard InChI is InChI=1S/C16H15NO2/c1-2-3-13-8-15(11-17-10-13)14-6-4-12(5-7-14)9-16(18)19/h2-8,10-11H,9H2,1H3,(H,18,19)/b3-2+. The number of carbonyl (C=O) groups is 1. The fraction of sp³-hybridized carbons (Fsp3) is 0.125. The molecule has 0 spiro atoms. The maximum Gasteiger partial charge on any atom is 0.307 e. The lowest BCUT2D eigenvalue weighted by atomic mass is 10.0. The van der Waals surface area contributed by atoms with E-state index in [2.05, 4.69) is 11.1 Å². The molecule has 0 bridgehead atoms. The lowest BCUT2D eigenvalue weighted by molar-refractivity contribution is -0.136. The van der Waals surface area contributed by atoms with Crippen LogP contribution in [0.25, 0.3) is 17.2 Å². The maximum absolute atomic E-state index is 10.6. The molecule has 0 unspecified atom stereocenters. The number of benzene rings is 1. The highest BCUT2D eigenvalue weighted by Gasteiger charge is 2.02. The minimum absolute atomic E-state index is 0.0527. The Kier molecular flexibility index (Phi) is 4.08. The summed E-state index contributed by atoms with van der Waals surface area (Å²) < 4.78 is 0. The number of pyridine rings is 1. The smallest absolute Gasteiger partial charge is 0.307 e. The van der Waals surface area contributed by atoms with Crippen LogP contribution in [-0.4, -0.2) is 16.1 Å². The van der Waals surface area contributed by atoms with Gasteiger partial charge in [0.15, 0.2) is 0 Å². The van der Waals surface area contributed by atoms with Crippen molar-refractivity contribution in [3.8, 4) is 11.1 Å². The number of allylic oxidation sites excluding steroid dienone is 1. The van der Waals surface area contributed by atoms with Crippen LogP contribution in [0.1, 0.15) is 18.1 Å². The highest BCUT2D eigenvalue weighted by molar-refractivity contribution is 5.71. The summed E-state index contributed by atoms with van der Waals surface area (Å²) in [6.45, 7) is 1.97. The van der Waals surface area contributed by atoms with E-state index in [1.165, 1.54) is 0 Å². The van der Waals surface area contributed by atoms with Gasteiger partial charge in [-0.3, -0.25) is 9.78 Å². The van der Waals surface area contributed by atoms with Crippen molar-refractivity contribution in [2.75, 3.05) is 0 Å². The number of rotatable bonds is 4. The Balaban J connectivity index is 2.26. The number of carboxylic acids is 1. The van der Waals surface area contributed by atoms with E-state index < -0.39 is 5.97 Å². The number of carboxylic acid groups (broad SMARTS) is 1. The molecule has 96 valence electrons. The summed E-state index contributed by atoms with van der Waals surface area (Å²) in [6, 6.07) is 9.58. The largest absolute Gasteiger partial charge is 0.481 e. The Morgan fingerprint density at radius 3 is 2.58 bits per heavy atom. The summed E-state index contributed by atoms with van der Waals surface area (Å²) in [5.74, 6) is -0.815. The van der Waals surface area contributed by atoms with Crippen LogP contribution >= 0.6 is 0 Å². The number of aromatic nitrogens is 1. The van der Waals surface area contributed by atoms with E-state index in [4.69, 9.17) is 5.11 Å². The van der Waals surface area contributed by atoms with E-state index in [0.717, 1.165) is 22.3 Å². The van der Waals surface area contributed by atoms with E-state index in [1.54, 1.807) is 6.20 Å². The minimum Gasteiger partial charge on any atom is -0.481 e. The molecule has 1 aromatic heterocycles. The topological polar surface area (TPSA) is 50.2 Å². The molecule has 0 saturated heterocycles. The first-order valence-electron chi connectivity index (χ1n) is 6.08. The lowest BCUT2D eigenvalue weighted by Crippen LogP contribution is -1.99. The molecular formula is C16H15NO2. The van der Waals surface area contributed by atoms with E-state index in [9.17, 15) is 4.79 Å². The normalized spacial score (nSPS) is 10.8. The Labute approximate surface area is 112 Å². The molecule has 1 aromatic carbocycles. The highest BCUT2D eigenvalue weighted by atomic mass is 16.4. The zero-order valence-electron chi connectivity index (χ0n) is 10.7. The number of hydrogen-bond acceptors (Lipinski definition) is 2. The Morgan fingerprint density at radius 1 is 1.21 bits per heavy atom. The number of hydrogen-bond donors (Lipinski definition) is 1. The van der Waals surface area contributed by atoms with E-state index >= 15 is 0 Å². The molecule has 0 amide bonds. The van der Waals surface area contributed by atoms with Gasteiger partial charge in [0.05, 0.1) is 6.42 Å². The van der Waals surface area contributed by atoms with Crippen LogP contribution in [0.3, 0.4) is 0 Å². The SMILES string of the molecule is C/C=C/c1cncc(-c2ccc(CC(=O)O)cc2)c1. The van der Waals surface area contributed by atoms with Crippen molar-refractivity contribution in [3.63, 3.8) is 0 Å². The predicted octanol–water partition coefficient (Wildman–Crippen LogP) is 3.41. The zero-order valence-corrected chi connectivity index (χ0v) is 10.7. The van der Waals surface area contributed by atoms with Gasteiger partial charge in [0.1, 0.15) is 0 Å². The molecule has 0 aliphatic carbocycles. The molecule has 0 aliphatic rings. The van der Waals surface area contributed by atoms with Crippen LogP contribution < -0.4 is 0 Å². The van der Waals surface area contributed by atoms with Crippen molar-refractivity contribution in [1.29, 1.82) is 0 Å². The average molecular weight is 253 g/mol. The Bertz CT molecular complexity index is 600. The van der Waals surface area contributed by atoms with Gasteiger partial charge in [0.25, 0.3) is 0 Å². The molecule has 0 fully saturated rings. The van der Waals surface area contributed by atoms with Crippen molar-refractivity contribution >= 4 is 12.0 Å². The van der Waals surface area contributed by atoms with Crippen LogP contribution in [0.4, 0.5) is 0 Å². The molecule has 3 nitrogen and oxygen atoms in total. The molecule has 0 saturated carbocycles. The van der Waals surface area contributed by atoms with Gasteiger partial charge in [0.2, 0.25) is 0 Å². The third-order valence-electron chi connectivity index (χ3n) is 2.76. The highest BCUT2D eigenvalue weighted by Crippen LogP contribution is 2.20. The van der Waals surface area contributed by atoms with Gasteiger partial charge >= 0.3 is 5.97 Å². The molecule has 3 heteroatoms. The fourth-order valence-electron chi connectivity index (χ4n) is 1.89. The number of nitrogens with zero attached hydrogens (tertiary/aromatic N) is 1. The second-order valence-corrected chi connectivity index (χ2v) is 4.27. The van der Waals surface area contributed by atoms with Gasteiger partial charge < -0.3 is 5.11 Å². The van der Waals surface area contributed by atoms with Gasteiger partial charge in [-0.05, 0) is 29.7 Å². The van der Waals surface area contributed by atoms with Crippen LogP contribution in [0.15, 0.2) is 48.8 Å². The molecule has 0 radical (unpaired) electrons. The Hall–Kier alpha value is -2.42. The lowest BCUT2D eigenvalue weighted by Gasteiger charge is -2.04. The van der Waals surface area contributed by atoms with E-state index in [-0.39, 0.29) is 6.42 Å². The van der Waals surface area contributed by atoms with E-state index in [1.807, 2.05) is 49.5 Å². The summed E-state index contributed by atoms with van der Waals surface area (Å²) in [5.41, 5.74) is 3.91. The third-order valence-corrected chi connectivity index (χ3v) is 2.76. The quantitative estimate of drug-likeness (QED) is 0.908. The van der Waals surface area contributed by atoms with Gasteiger partial charge in [-0.1, -0.05) is 36.4 Å². The molecule has 2 rings (SSSR count). The van der Waals surface area contributed by atoms with Crippen LogP contribution in [0.5, 0.6) is 0 Å². The fourth-order valence-corrected chi connectivity index (χ4v) is 1.89. The van der Waals surface area contributed by atoms with Crippen LogP contribution in [-0.2, 0) is 11.2 Å². The first-order valence-corrected chi connectivity index (χ1v) is 6.08. The molecule has 0 atom stereocenters. The van der Waals surface area contributed by atoms with Gasteiger partial charge in [-0.25, -0.2) is 0 Å². The molecule has 1 N–H and O–H groups in total. The van der Waals surface area contributed by atoms with Crippen molar-refractivity contribution in [1.82, 2.24) is 4.98 Å². The van der Waals surface area contributed by atoms with Gasteiger partial charge in [0, 0.05) is 18.0 Å². The molecule has 1 heterocycles. The van der Waals surface area contributed by atoms with Gasteiger partial charge in [-0.15, -0.1) is 0 Å². The first kappa shape index (κ1) is 13.0. The summed E-state index contributed by atoms with van der Waals surface area (Å²) in [6.07, 6.45) is 7.63. The van der Waals surface area contributed by atoms with Crippen molar-refractivity contribution in [2.45, 2.75) is 13.3 Å². The molecule has 2 aromatic rings. The average Bonchev–Trinajstić information content (AvgIpc) is 2.40. The second kappa shape index (κ2) is 5.96. The zero-order chi connectivity index (χ0) is 13.7. The monoisotopic (exact) mass is 253 g/mol. The number of aliphatic carboxylic acids is 1. The summed E-state index contributed by atoms with van der Waals surface area (Å²) in [5, 5.41) is 8.73. The minimum atomic E-state index is -0.815. The maximum atomic E-state index is 10.6. The van der Waals surface area contributed by atoms with Crippen LogP contribution in [0.2, 0.25) is 0 Å². The van der Waals surface area contributed by atoms with E-state index in [0.29, 0.717) is 0 Å². The van der Waals surface area contributed by atoms with Crippen LogP contribution in [0, 0.1) is 0 Å². The second-order valence-electron chi connectivity index (χ2n) is 4.27. The van der Waals surface area contributed by atoms with Crippen molar-refractivity contribution < 1.29 is 9.90 Å². The predicted molar refractivity (Wildman–Crippen MR) is 75.7 cm³/mol. The molecule has 19 heavy (non-hydrogen) atoms. The summed E-state index contributed by atoms with van der Waals surface area (Å²) >= 11 is 0. The molecule has 0 aliphatic heterocycles. The van der Waals surface area contributed by atoms with Crippen molar-refractivity contribution in [3.05, 3.63) is 59.9 Å². The molecular weight excluding hydrogens is 238 g/mol. The third kappa shape index (κ3) is 3.52. The first-order chi connectivity index (χ1) is 9.19. The summed E-state index contributed by atoms with van der Waals surface area (Å²) in [4.78, 5) is 14.8. The van der Waals surface area contributed by atoms with Crippen molar-refractivity contribution in [2.24, 2.45) is 0 Å².